The molecule has 1 atom stereocenters. The van der Waals surface area contributed by atoms with E-state index in [1.54, 1.807) is 6.20 Å². The van der Waals surface area contributed by atoms with Crippen LogP contribution in [0.3, 0.4) is 0 Å². The van der Waals surface area contributed by atoms with E-state index in [0.29, 0.717) is 17.4 Å². The lowest BCUT2D eigenvalue weighted by Gasteiger charge is -2.26. The van der Waals surface area contributed by atoms with Gasteiger partial charge in [0.15, 0.2) is 0 Å². The van der Waals surface area contributed by atoms with Gasteiger partial charge in [-0.1, -0.05) is 41.4 Å². The number of fused-ring (bicyclic) bond motifs is 2. The van der Waals surface area contributed by atoms with Crippen molar-refractivity contribution < 1.29 is 9.59 Å². The van der Waals surface area contributed by atoms with Gasteiger partial charge in [-0.15, -0.1) is 11.3 Å². The molecule has 1 aromatic heterocycles. The van der Waals surface area contributed by atoms with Crippen molar-refractivity contribution in [2.75, 3.05) is 24.5 Å². The molecule has 2 amide bonds. The van der Waals surface area contributed by atoms with Gasteiger partial charge in [-0.3, -0.25) is 9.59 Å². The number of hydrogen-bond acceptors (Lipinski definition) is 4. The molecule has 8 heteroatoms. The fourth-order valence-electron chi connectivity index (χ4n) is 4.23. The molecule has 148 valence electrons. The summed E-state index contributed by atoms with van der Waals surface area (Å²) in [5.74, 6) is 0.168. The van der Waals surface area contributed by atoms with Crippen LogP contribution in [-0.4, -0.2) is 41.3 Å². The largest absolute Gasteiger partial charge is 0.341 e. The maximum Gasteiger partial charge on any atom is 0.233 e. The fraction of sp³-hybridized carbons (Fsp3) is 0.450. The molecule has 1 spiro atoms. The number of halogens is 2. The average molecular weight is 483 g/mol. The van der Waals surface area contributed by atoms with E-state index in [9.17, 15) is 9.59 Å². The van der Waals surface area contributed by atoms with Crippen LogP contribution < -0.4 is 4.90 Å². The standard InChI is InChI=1S/C20H21BrClN3O2S/c1-12(2)19(27)24-6-5-20(10-24)11-25(15-4-3-13(21)7-14(15)20)18(26)8-17-23-9-16(22)28-17/h3-4,7,9,12H,5-6,8,10-11H2,1-2H3. The van der Waals surface area contributed by atoms with E-state index in [-0.39, 0.29) is 29.6 Å². The molecule has 1 saturated heterocycles. The van der Waals surface area contributed by atoms with Crippen LogP contribution in [0, 0.1) is 5.92 Å². The third-order valence-corrected chi connectivity index (χ3v) is 7.18. The van der Waals surface area contributed by atoms with Crippen LogP contribution in [0.15, 0.2) is 28.9 Å². The molecule has 0 aliphatic carbocycles. The highest BCUT2D eigenvalue weighted by atomic mass is 79.9. The number of anilines is 1. The average Bonchev–Trinajstić information content (AvgIpc) is 3.34. The summed E-state index contributed by atoms with van der Waals surface area (Å²) in [5, 5.41) is 0.720. The first-order valence-corrected chi connectivity index (χ1v) is 11.3. The van der Waals surface area contributed by atoms with Crippen LogP contribution in [0.5, 0.6) is 0 Å². The molecule has 2 aliphatic heterocycles. The smallest absolute Gasteiger partial charge is 0.233 e. The van der Waals surface area contributed by atoms with E-state index in [1.165, 1.54) is 11.3 Å². The zero-order valence-electron chi connectivity index (χ0n) is 15.7. The van der Waals surface area contributed by atoms with Crippen LogP contribution in [0.2, 0.25) is 4.34 Å². The first-order chi connectivity index (χ1) is 13.3. The second kappa shape index (κ2) is 7.43. The Morgan fingerprint density at radius 1 is 1.36 bits per heavy atom. The number of carbonyl (C=O) groups is 2. The Morgan fingerprint density at radius 3 is 2.82 bits per heavy atom. The number of likely N-dealkylation sites (tertiary alicyclic amines) is 1. The number of hydrogen-bond donors (Lipinski definition) is 0. The zero-order chi connectivity index (χ0) is 20.1. The van der Waals surface area contributed by atoms with Crippen LogP contribution in [0.1, 0.15) is 30.8 Å². The highest BCUT2D eigenvalue weighted by Crippen LogP contribution is 2.47. The lowest BCUT2D eigenvalue weighted by Crippen LogP contribution is -2.41. The summed E-state index contributed by atoms with van der Waals surface area (Å²) in [6.07, 6.45) is 2.68. The van der Waals surface area contributed by atoms with Crippen molar-refractivity contribution in [2.24, 2.45) is 5.92 Å². The molecular weight excluding hydrogens is 462 g/mol. The van der Waals surface area contributed by atoms with Gasteiger partial charge in [0.2, 0.25) is 11.8 Å². The monoisotopic (exact) mass is 481 g/mol. The minimum absolute atomic E-state index is 0.0140. The highest BCUT2D eigenvalue weighted by Gasteiger charge is 2.49. The van der Waals surface area contributed by atoms with Crippen molar-refractivity contribution >= 4 is 56.4 Å². The Morgan fingerprint density at radius 2 is 2.14 bits per heavy atom. The van der Waals surface area contributed by atoms with E-state index in [1.807, 2.05) is 35.8 Å². The lowest BCUT2D eigenvalue weighted by molar-refractivity contribution is -0.133. The maximum absolute atomic E-state index is 13.1. The predicted octanol–water partition coefficient (Wildman–Crippen LogP) is 4.27. The Balaban J connectivity index is 1.63. The van der Waals surface area contributed by atoms with Crippen molar-refractivity contribution in [1.29, 1.82) is 0 Å². The predicted molar refractivity (Wildman–Crippen MR) is 115 cm³/mol. The third kappa shape index (κ3) is 3.48. The highest BCUT2D eigenvalue weighted by molar-refractivity contribution is 9.10. The van der Waals surface area contributed by atoms with E-state index in [4.69, 9.17) is 11.6 Å². The van der Waals surface area contributed by atoms with Gasteiger partial charge < -0.3 is 9.80 Å². The molecule has 0 radical (unpaired) electrons. The van der Waals surface area contributed by atoms with Crippen molar-refractivity contribution in [3.63, 3.8) is 0 Å². The van der Waals surface area contributed by atoms with Crippen molar-refractivity contribution in [3.8, 4) is 0 Å². The first kappa shape index (κ1) is 19.9. The van der Waals surface area contributed by atoms with Gasteiger partial charge in [0.05, 0.1) is 12.6 Å². The van der Waals surface area contributed by atoms with Gasteiger partial charge in [-0.05, 0) is 30.2 Å². The topological polar surface area (TPSA) is 53.5 Å². The molecule has 0 bridgehead atoms. The maximum atomic E-state index is 13.1. The molecule has 2 aromatic rings. The van der Waals surface area contributed by atoms with Gasteiger partial charge in [-0.25, -0.2) is 4.98 Å². The van der Waals surface area contributed by atoms with Crippen LogP contribution in [0.25, 0.3) is 0 Å². The van der Waals surface area contributed by atoms with E-state index < -0.39 is 0 Å². The number of carbonyl (C=O) groups excluding carboxylic acids is 2. The Kier molecular flexibility index (Phi) is 5.27. The number of aromatic nitrogens is 1. The molecule has 5 nitrogen and oxygen atoms in total. The molecule has 2 aliphatic rings. The van der Waals surface area contributed by atoms with Crippen molar-refractivity contribution in [2.45, 2.75) is 32.1 Å². The molecule has 4 rings (SSSR count). The number of amides is 2. The van der Waals surface area contributed by atoms with Gasteiger partial charge >= 0.3 is 0 Å². The zero-order valence-corrected chi connectivity index (χ0v) is 18.9. The fourth-order valence-corrected chi connectivity index (χ4v) is 5.54. The summed E-state index contributed by atoms with van der Waals surface area (Å²) >= 11 is 10.9. The first-order valence-electron chi connectivity index (χ1n) is 9.28. The molecule has 1 unspecified atom stereocenters. The molecule has 0 saturated carbocycles. The van der Waals surface area contributed by atoms with Gasteiger partial charge in [-0.2, -0.15) is 0 Å². The van der Waals surface area contributed by atoms with E-state index in [0.717, 1.165) is 33.7 Å². The molecular formula is C20H21BrClN3O2S. The summed E-state index contributed by atoms with van der Waals surface area (Å²) in [7, 11) is 0. The van der Waals surface area contributed by atoms with Crippen LogP contribution in [0.4, 0.5) is 5.69 Å². The Hall–Kier alpha value is -1.44. The molecule has 0 N–H and O–H groups in total. The summed E-state index contributed by atoms with van der Waals surface area (Å²) in [4.78, 5) is 33.7. The number of benzene rings is 1. The van der Waals surface area contributed by atoms with Gasteiger partial charge in [0, 0.05) is 41.1 Å². The summed E-state index contributed by atoms with van der Waals surface area (Å²) < 4.78 is 1.57. The Bertz CT molecular complexity index is 947. The Labute approximate surface area is 181 Å². The van der Waals surface area contributed by atoms with E-state index in [2.05, 4.69) is 27.0 Å². The number of thiazole rings is 1. The van der Waals surface area contributed by atoms with Gasteiger partial charge in [0.25, 0.3) is 0 Å². The van der Waals surface area contributed by atoms with Crippen LogP contribution in [-0.2, 0) is 21.4 Å². The minimum Gasteiger partial charge on any atom is -0.341 e. The number of rotatable bonds is 3. The third-order valence-electron chi connectivity index (χ3n) is 5.57. The summed E-state index contributed by atoms with van der Waals surface area (Å²) in [6.45, 7) is 5.84. The quantitative estimate of drug-likeness (QED) is 0.656. The van der Waals surface area contributed by atoms with Crippen molar-refractivity contribution in [3.05, 3.63) is 43.8 Å². The van der Waals surface area contributed by atoms with Crippen molar-refractivity contribution in [1.82, 2.24) is 9.88 Å². The number of nitrogens with zero attached hydrogens (tertiary/aromatic N) is 3. The molecule has 1 aromatic carbocycles. The summed E-state index contributed by atoms with van der Waals surface area (Å²) in [6, 6.07) is 6.06. The molecule has 1 fully saturated rings. The summed E-state index contributed by atoms with van der Waals surface area (Å²) in [5.41, 5.74) is 1.88. The minimum atomic E-state index is -0.208. The second-order valence-corrected chi connectivity index (χ2v) is 10.5. The normalized spacial score (nSPS) is 21.0. The van der Waals surface area contributed by atoms with Crippen LogP contribution >= 0.6 is 38.9 Å². The van der Waals surface area contributed by atoms with Gasteiger partial charge in [0.1, 0.15) is 9.34 Å². The second-order valence-electron chi connectivity index (χ2n) is 7.82. The lowest BCUT2D eigenvalue weighted by atomic mass is 9.81. The molecule has 3 heterocycles. The SMILES string of the molecule is CC(C)C(=O)N1CCC2(C1)CN(C(=O)Cc1ncc(Cl)s1)c1ccc(Br)cc12. The molecule has 28 heavy (non-hydrogen) atoms. The van der Waals surface area contributed by atoms with E-state index >= 15 is 0 Å².